The minimum Gasteiger partial charge on any atom is -0.488 e. The Hall–Kier alpha value is -1.54. The number of halogens is 7. The monoisotopic (exact) mass is 343 g/mol. The maximum absolute atomic E-state index is 14.1. The van der Waals surface area contributed by atoms with E-state index in [0.717, 1.165) is 6.92 Å². The van der Waals surface area contributed by atoms with E-state index >= 15 is 0 Å². The highest BCUT2D eigenvalue weighted by molar-refractivity contribution is 5.51. The zero-order chi connectivity index (χ0) is 17.2. The zero-order valence-corrected chi connectivity index (χ0v) is 11.8. The van der Waals surface area contributed by atoms with Crippen molar-refractivity contribution < 1.29 is 35.5 Å². The maximum Gasteiger partial charge on any atom is 0.433 e. The van der Waals surface area contributed by atoms with E-state index in [-0.39, 0.29) is 12.8 Å². The van der Waals surface area contributed by atoms with Gasteiger partial charge >= 0.3 is 6.18 Å². The normalized spacial score (nSPS) is 32.3. The van der Waals surface area contributed by atoms with Crippen LogP contribution in [0.1, 0.15) is 48.7 Å². The van der Waals surface area contributed by atoms with Gasteiger partial charge in [0.2, 0.25) is 0 Å². The minimum absolute atomic E-state index is 0.0152. The van der Waals surface area contributed by atoms with Crippen LogP contribution < -0.4 is 4.74 Å². The van der Waals surface area contributed by atoms with Gasteiger partial charge in [0.1, 0.15) is 23.7 Å². The highest BCUT2D eigenvalue weighted by Crippen LogP contribution is 2.58. The molecule has 0 spiro atoms. The average Bonchev–Trinajstić information content (AvgIpc) is 2.58. The summed E-state index contributed by atoms with van der Waals surface area (Å²) in [6.45, 7) is 0.819. The van der Waals surface area contributed by atoms with Gasteiger partial charge < -0.3 is 4.74 Å². The Labute approximate surface area is 126 Å². The Morgan fingerprint density at radius 1 is 1.17 bits per heavy atom. The molecule has 2 aliphatic carbocycles. The zero-order valence-electron chi connectivity index (χ0n) is 11.8. The molecular formula is C14H12F7NO. The van der Waals surface area contributed by atoms with Crippen molar-refractivity contribution in [3.8, 4) is 5.75 Å². The number of pyridine rings is 1. The molecule has 2 nitrogen and oxygen atoms in total. The van der Waals surface area contributed by atoms with Crippen LogP contribution in [0, 0.1) is 0 Å². The summed E-state index contributed by atoms with van der Waals surface area (Å²) < 4.78 is 98.9. The van der Waals surface area contributed by atoms with E-state index in [2.05, 4.69) is 4.98 Å². The second kappa shape index (κ2) is 4.98. The van der Waals surface area contributed by atoms with Crippen molar-refractivity contribution in [1.29, 1.82) is 0 Å². The van der Waals surface area contributed by atoms with E-state index in [9.17, 15) is 30.7 Å². The summed E-state index contributed by atoms with van der Waals surface area (Å²) in [7, 11) is 0. The Kier molecular flexibility index (Phi) is 3.53. The lowest BCUT2D eigenvalue weighted by Gasteiger charge is -2.31. The molecule has 0 bridgehead atoms. The first-order valence-corrected chi connectivity index (χ1v) is 6.96. The molecule has 3 rings (SSSR count). The number of rotatable bonds is 2. The van der Waals surface area contributed by atoms with Gasteiger partial charge in [0.05, 0.1) is 12.1 Å². The Bertz CT molecular complexity index is 624. The molecule has 9 heteroatoms. The van der Waals surface area contributed by atoms with Crippen LogP contribution in [0.15, 0.2) is 6.20 Å². The molecule has 1 saturated carbocycles. The van der Waals surface area contributed by atoms with Crippen molar-refractivity contribution in [2.45, 2.75) is 56.2 Å². The third-order valence-corrected chi connectivity index (χ3v) is 4.32. The van der Waals surface area contributed by atoms with Gasteiger partial charge in [0.15, 0.2) is 6.17 Å². The SMILES string of the molecule is C[C@H]1c2c(C(F)(F)F)ncc(OC3CC(F)C3)c2[C@@H](F)C1(F)F. The molecule has 2 aliphatic rings. The van der Waals surface area contributed by atoms with Gasteiger partial charge in [-0.2, -0.15) is 13.2 Å². The standard InChI is InChI=1S/C14H12F7NO/c1-5-9-10(11(16)13(5,17)18)8(23-7-2-6(15)3-7)4-22-12(9)14(19,20)21/h4-7,11H,2-3H2,1H3/t5-,6?,7?,11+/m0/s1. The quantitative estimate of drug-likeness (QED) is 0.724. The third-order valence-electron chi connectivity index (χ3n) is 4.32. The first kappa shape index (κ1) is 16.3. The fourth-order valence-corrected chi connectivity index (χ4v) is 2.92. The Morgan fingerprint density at radius 3 is 2.30 bits per heavy atom. The summed E-state index contributed by atoms with van der Waals surface area (Å²) in [4.78, 5) is 3.16. The van der Waals surface area contributed by atoms with Gasteiger partial charge in [0.25, 0.3) is 5.92 Å². The summed E-state index contributed by atoms with van der Waals surface area (Å²) in [6.07, 6.45) is -9.14. The Balaban J connectivity index is 2.08. The second-order valence-corrected chi connectivity index (χ2v) is 5.86. The lowest BCUT2D eigenvalue weighted by atomic mass is 9.93. The summed E-state index contributed by atoms with van der Waals surface area (Å²) in [5.74, 6) is -6.46. The Morgan fingerprint density at radius 2 is 1.78 bits per heavy atom. The molecule has 0 N–H and O–H groups in total. The topological polar surface area (TPSA) is 22.1 Å². The molecule has 1 fully saturated rings. The smallest absolute Gasteiger partial charge is 0.433 e. The van der Waals surface area contributed by atoms with E-state index in [1.807, 2.05) is 0 Å². The van der Waals surface area contributed by atoms with Crippen LogP contribution >= 0.6 is 0 Å². The van der Waals surface area contributed by atoms with Crippen LogP contribution in [0.25, 0.3) is 0 Å². The number of hydrogen-bond acceptors (Lipinski definition) is 2. The highest BCUT2D eigenvalue weighted by Gasteiger charge is 2.59. The summed E-state index contributed by atoms with van der Waals surface area (Å²) >= 11 is 0. The van der Waals surface area contributed by atoms with Crippen molar-refractivity contribution in [2.75, 3.05) is 0 Å². The molecule has 0 unspecified atom stereocenters. The molecular weight excluding hydrogens is 331 g/mol. The molecule has 1 aromatic heterocycles. The number of ether oxygens (including phenoxy) is 1. The number of nitrogens with zero attached hydrogens (tertiary/aromatic N) is 1. The molecule has 2 atom stereocenters. The van der Waals surface area contributed by atoms with Crippen molar-refractivity contribution in [3.05, 3.63) is 23.0 Å². The van der Waals surface area contributed by atoms with Crippen LogP contribution in [0.2, 0.25) is 0 Å². The molecule has 23 heavy (non-hydrogen) atoms. The van der Waals surface area contributed by atoms with Gasteiger partial charge in [-0.3, -0.25) is 0 Å². The van der Waals surface area contributed by atoms with Gasteiger partial charge in [-0.05, 0) is 0 Å². The molecule has 1 aromatic rings. The first-order chi connectivity index (χ1) is 10.5. The molecule has 0 aromatic carbocycles. The van der Waals surface area contributed by atoms with Crippen molar-refractivity contribution >= 4 is 0 Å². The van der Waals surface area contributed by atoms with Crippen LogP contribution in [0.4, 0.5) is 30.7 Å². The number of alkyl halides is 7. The predicted octanol–water partition coefficient (Wildman–Crippen LogP) is 4.74. The summed E-state index contributed by atoms with van der Waals surface area (Å²) in [5.41, 5.74) is -3.25. The van der Waals surface area contributed by atoms with E-state index in [1.54, 1.807) is 0 Å². The molecule has 0 radical (unpaired) electrons. The van der Waals surface area contributed by atoms with Gasteiger partial charge in [-0.25, -0.2) is 22.5 Å². The molecule has 0 aliphatic heterocycles. The molecule has 1 heterocycles. The van der Waals surface area contributed by atoms with E-state index in [4.69, 9.17) is 4.74 Å². The van der Waals surface area contributed by atoms with Crippen molar-refractivity contribution in [3.63, 3.8) is 0 Å². The number of aromatic nitrogens is 1. The van der Waals surface area contributed by atoms with Crippen molar-refractivity contribution in [2.24, 2.45) is 0 Å². The van der Waals surface area contributed by atoms with Gasteiger partial charge in [-0.1, -0.05) is 6.92 Å². The third kappa shape index (κ3) is 2.44. The average molecular weight is 343 g/mol. The van der Waals surface area contributed by atoms with E-state index in [1.165, 1.54) is 0 Å². The lowest BCUT2D eigenvalue weighted by Crippen LogP contribution is -2.35. The molecule has 128 valence electrons. The van der Waals surface area contributed by atoms with Gasteiger partial charge in [0, 0.05) is 24.0 Å². The van der Waals surface area contributed by atoms with Crippen LogP contribution in [0.3, 0.4) is 0 Å². The predicted molar refractivity (Wildman–Crippen MR) is 65.0 cm³/mol. The number of fused-ring (bicyclic) bond motifs is 1. The maximum atomic E-state index is 14.1. The lowest BCUT2D eigenvalue weighted by molar-refractivity contribution is -0.142. The van der Waals surface area contributed by atoms with Crippen LogP contribution in [0.5, 0.6) is 5.75 Å². The highest BCUT2D eigenvalue weighted by atomic mass is 19.4. The fourth-order valence-electron chi connectivity index (χ4n) is 2.92. The molecule has 0 saturated heterocycles. The largest absolute Gasteiger partial charge is 0.488 e. The van der Waals surface area contributed by atoms with E-state index in [0.29, 0.717) is 6.20 Å². The first-order valence-electron chi connectivity index (χ1n) is 6.96. The summed E-state index contributed by atoms with van der Waals surface area (Å²) in [5, 5.41) is 0. The van der Waals surface area contributed by atoms with Crippen LogP contribution in [-0.4, -0.2) is 23.2 Å². The van der Waals surface area contributed by atoms with Crippen molar-refractivity contribution in [1.82, 2.24) is 4.98 Å². The van der Waals surface area contributed by atoms with Gasteiger partial charge in [-0.15, -0.1) is 0 Å². The molecule has 0 amide bonds. The fraction of sp³-hybridized carbons (Fsp3) is 0.643. The van der Waals surface area contributed by atoms with Crippen LogP contribution in [-0.2, 0) is 6.18 Å². The minimum atomic E-state index is -4.99. The second-order valence-electron chi connectivity index (χ2n) is 5.86. The number of hydrogen-bond donors (Lipinski definition) is 0. The van der Waals surface area contributed by atoms with E-state index < -0.39 is 59.0 Å². The summed E-state index contributed by atoms with van der Waals surface area (Å²) in [6, 6.07) is 0.